The molecule has 2 unspecified atom stereocenters. The maximum absolute atomic E-state index is 3.43. The van der Waals surface area contributed by atoms with Gasteiger partial charge in [0.15, 0.2) is 0 Å². The van der Waals surface area contributed by atoms with Gasteiger partial charge in [0, 0.05) is 12.6 Å². The summed E-state index contributed by atoms with van der Waals surface area (Å²) in [5.74, 6) is 0.890. The Balaban J connectivity index is 2.26. The summed E-state index contributed by atoms with van der Waals surface area (Å²) in [6.07, 6.45) is 5.48. The zero-order chi connectivity index (χ0) is 9.68. The van der Waals surface area contributed by atoms with Crippen molar-refractivity contribution in [2.24, 2.45) is 5.92 Å². The third kappa shape index (κ3) is 3.28. The molecule has 0 heterocycles. The van der Waals surface area contributed by atoms with Crippen LogP contribution in [0.1, 0.15) is 32.6 Å². The van der Waals surface area contributed by atoms with Crippen LogP contribution in [-0.2, 0) is 0 Å². The summed E-state index contributed by atoms with van der Waals surface area (Å²) in [7, 11) is 4.34. The van der Waals surface area contributed by atoms with Gasteiger partial charge in [-0.2, -0.15) is 0 Å². The molecule has 0 aliphatic heterocycles. The Morgan fingerprint density at radius 1 is 1.38 bits per heavy atom. The van der Waals surface area contributed by atoms with Crippen LogP contribution in [0, 0.1) is 5.92 Å². The minimum atomic E-state index is 0.777. The SMILES string of the molecule is CCCN(C)CC1CCCC1NC. The van der Waals surface area contributed by atoms with Gasteiger partial charge in [0.2, 0.25) is 0 Å². The van der Waals surface area contributed by atoms with E-state index in [4.69, 9.17) is 0 Å². The van der Waals surface area contributed by atoms with Crippen molar-refractivity contribution < 1.29 is 0 Å². The van der Waals surface area contributed by atoms with Crippen molar-refractivity contribution in [1.82, 2.24) is 10.2 Å². The smallest absolute Gasteiger partial charge is 0.0104 e. The van der Waals surface area contributed by atoms with Crippen molar-refractivity contribution in [3.63, 3.8) is 0 Å². The lowest BCUT2D eigenvalue weighted by Crippen LogP contribution is -2.36. The van der Waals surface area contributed by atoms with Gasteiger partial charge in [0.05, 0.1) is 0 Å². The second-order valence-corrected chi connectivity index (χ2v) is 4.35. The molecule has 0 bridgehead atoms. The Labute approximate surface area is 82.7 Å². The summed E-state index contributed by atoms with van der Waals surface area (Å²) < 4.78 is 0. The van der Waals surface area contributed by atoms with Gasteiger partial charge < -0.3 is 10.2 Å². The first-order valence-corrected chi connectivity index (χ1v) is 5.63. The number of hydrogen-bond acceptors (Lipinski definition) is 2. The van der Waals surface area contributed by atoms with Gasteiger partial charge >= 0.3 is 0 Å². The predicted molar refractivity (Wildman–Crippen MR) is 58.0 cm³/mol. The molecule has 1 saturated carbocycles. The molecule has 0 aromatic carbocycles. The van der Waals surface area contributed by atoms with Crippen molar-refractivity contribution in [2.45, 2.75) is 38.6 Å². The lowest BCUT2D eigenvalue weighted by Gasteiger charge is -2.24. The van der Waals surface area contributed by atoms with Crippen LogP contribution in [0.25, 0.3) is 0 Å². The van der Waals surface area contributed by atoms with Gasteiger partial charge in [-0.1, -0.05) is 13.3 Å². The van der Waals surface area contributed by atoms with Gasteiger partial charge in [-0.25, -0.2) is 0 Å². The normalized spacial score (nSPS) is 28.6. The lowest BCUT2D eigenvalue weighted by atomic mass is 10.0. The van der Waals surface area contributed by atoms with Crippen molar-refractivity contribution in [1.29, 1.82) is 0 Å². The standard InChI is InChI=1S/C11H24N2/c1-4-8-13(3)9-10-6-5-7-11(10)12-2/h10-12H,4-9H2,1-3H3. The maximum Gasteiger partial charge on any atom is 0.0104 e. The molecule has 2 heteroatoms. The van der Waals surface area contributed by atoms with E-state index in [9.17, 15) is 0 Å². The summed E-state index contributed by atoms with van der Waals surface area (Å²) in [6, 6.07) is 0.777. The molecule has 0 amide bonds. The minimum Gasteiger partial charge on any atom is -0.317 e. The van der Waals surface area contributed by atoms with Gasteiger partial charge in [-0.15, -0.1) is 0 Å². The third-order valence-corrected chi connectivity index (χ3v) is 3.18. The van der Waals surface area contributed by atoms with E-state index >= 15 is 0 Å². The molecule has 1 aliphatic rings. The molecular formula is C11H24N2. The van der Waals surface area contributed by atoms with E-state index < -0.39 is 0 Å². The van der Waals surface area contributed by atoms with Gasteiger partial charge in [-0.3, -0.25) is 0 Å². The Kier molecular flexibility index (Phi) is 4.74. The Morgan fingerprint density at radius 2 is 2.15 bits per heavy atom. The van der Waals surface area contributed by atoms with Crippen LogP contribution in [-0.4, -0.2) is 38.1 Å². The summed E-state index contributed by atoms with van der Waals surface area (Å²) in [5.41, 5.74) is 0. The largest absolute Gasteiger partial charge is 0.317 e. The first kappa shape index (κ1) is 11.0. The van der Waals surface area contributed by atoms with Crippen molar-refractivity contribution in [3.05, 3.63) is 0 Å². The third-order valence-electron chi connectivity index (χ3n) is 3.18. The second-order valence-electron chi connectivity index (χ2n) is 4.35. The quantitative estimate of drug-likeness (QED) is 0.700. The van der Waals surface area contributed by atoms with E-state index in [0.29, 0.717) is 0 Å². The Morgan fingerprint density at radius 3 is 2.77 bits per heavy atom. The van der Waals surface area contributed by atoms with Crippen LogP contribution in [0.15, 0.2) is 0 Å². The average molecular weight is 184 g/mol. The molecular weight excluding hydrogens is 160 g/mol. The first-order chi connectivity index (χ1) is 6.27. The van der Waals surface area contributed by atoms with Crippen LogP contribution in [0.2, 0.25) is 0 Å². The van der Waals surface area contributed by atoms with E-state index in [1.165, 1.54) is 38.8 Å². The molecule has 1 N–H and O–H groups in total. The van der Waals surface area contributed by atoms with Gasteiger partial charge in [0.1, 0.15) is 0 Å². The van der Waals surface area contributed by atoms with Crippen molar-refractivity contribution in [3.8, 4) is 0 Å². The monoisotopic (exact) mass is 184 g/mol. The maximum atomic E-state index is 3.43. The highest BCUT2D eigenvalue weighted by molar-refractivity contribution is 4.83. The molecule has 13 heavy (non-hydrogen) atoms. The minimum absolute atomic E-state index is 0.777. The molecule has 2 nitrogen and oxygen atoms in total. The number of rotatable bonds is 5. The molecule has 1 rings (SSSR count). The molecule has 1 fully saturated rings. The zero-order valence-corrected chi connectivity index (χ0v) is 9.34. The molecule has 0 aromatic rings. The average Bonchev–Trinajstić information content (AvgIpc) is 2.52. The summed E-state index contributed by atoms with van der Waals surface area (Å²) in [4.78, 5) is 2.47. The molecule has 0 spiro atoms. The molecule has 78 valence electrons. The Hall–Kier alpha value is -0.0800. The highest BCUT2D eigenvalue weighted by atomic mass is 15.1. The first-order valence-electron chi connectivity index (χ1n) is 5.63. The second kappa shape index (κ2) is 5.61. The van der Waals surface area contributed by atoms with Crippen LogP contribution < -0.4 is 5.32 Å². The summed E-state index contributed by atoms with van der Waals surface area (Å²) >= 11 is 0. The number of nitrogens with one attached hydrogen (secondary N) is 1. The molecule has 0 aromatic heterocycles. The fraction of sp³-hybridized carbons (Fsp3) is 1.00. The molecule has 0 saturated heterocycles. The van der Waals surface area contributed by atoms with Crippen molar-refractivity contribution in [2.75, 3.05) is 27.2 Å². The van der Waals surface area contributed by atoms with Crippen molar-refractivity contribution >= 4 is 0 Å². The Bertz CT molecular complexity index is 136. The fourth-order valence-electron chi connectivity index (χ4n) is 2.51. The zero-order valence-electron chi connectivity index (χ0n) is 9.34. The summed E-state index contributed by atoms with van der Waals surface area (Å²) in [6.45, 7) is 4.77. The van der Waals surface area contributed by atoms with Gasteiger partial charge in [-0.05, 0) is 45.8 Å². The van der Waals surface area contributed by atoms with Crippen LogP contribution in [0.5, 0.6) is 0 Å². The topological polar surface area (TPSA) is 15.3 Å². The highest BCUT2D eigenvalue weighted by Gasteiger charge is 2.26. The summed E-state index contributed by atoms with van der Waals surface area (Å²) in [5, 5.41) is 3.43. The number of hydrogen-bond donors (Lipinski definition) is 1. The molecule has 2 atom stereocenters. The van der Waals surface area contributed by atoms with E-state index in [0.717, 1.165) is 12.0 Å². The lowest BCUT2D eigenvalue weighted by molar-refractivity contribution is 0.255. The fourth-order valence-corrected chi connectivity index (χ4v) is 2.51. The number of nitrogens with zero attached hydrogens (tertiary/aromatic N) is 1. The highest BCUT2D eigenvalue weighted by Crippen LogP contribution is 2.25. The molecule has 0 radical (unpaired) electrons. The van der Waals surface area contributed by atoms with E-state index in [2.05, 4.69) is 31.2 Å². The van der Waals surface area contributed by atoms with E-state index in [-0.39, 0.29) is 0 Å². The predicted octanol–water partition coefficient (Wildman–Crippen LogP) is 1.72. The van der Waals surface area contributed by atoms with Crippen LogP contribution in [0.4, 0.5) is 0 Å². The van der Waals surface area contributed by atoms with Crippen LogP contribution in [0.3, 0.4) is 0 Å². The van der Waals surface area contributed by atoms with E-state index in [1.807, 2.05) is 0 Å². The van der Waals surface area contributed by atoms with Gasteiger partial charge in [0.25, 0.3) is 0 Å². The van der Waals surface area contributed by atoms with Crippen LogP contribution >= 0.6 is 0 Å². The molecule has 1 aliphatic carbocycles. The van der Waals surface area contributed by atoms with E-state index in [1.54, 1.807) is 0 Å².